The van der Waals surface area contributed by atoms with Gasteiger partial charge in [0.1, 0.15) is 19.0 Å². The van der Waals surface area contributed by atoms with Crippen molar-refractivity contribution in [1.29, 1.82) is 0 Å². The van der Waals surface area contributed by atoms with E-state index in [4.69, 9.17) is 4.74 Å². The van der Waals surface area contributed by atoms with E-state index in [1.54, 1.807) is 35.6 Å². The molecule has 0 atom stereocenters. The second-order valence-electron chi connectivity index (χ2n) is 5.17. The number of alkyl halides is 3. The third kappa shape index (κ3) is 7.57. The van der Waals surface area contributed by atoms with E-state index < -0.39 is 12.8 Å². The molecule has 0 aliphatic rings. The zero-order valence-corrected chi connectivity index (χ0v) is 14.2. The number of hydrogen-bond donors (Lipinski definition) is 1. The van der Waals surface area contributed by atoms with Gasteiger partial charge in [-0.25, -0.2) is 0 Å². The van der Waals surface area contributed by atoms with Crippen LogP contribution in [-0.4, -0.2) is 31.8 Å². The molecule has 0 radical (unpaired) electrons. The Morgan fingerprint density at radius 2 is 2.04 bits per heavy atom. The first-order valence-electron chi connectivity index (χ1n) is 7.62. The van der Waals surface area contributed by atoms with Gasteiger partial charge in [-0.2, -0.15) is 13.2 Å². The lowest BCUT2D eigenvalue weighted by Crippen LogP contribution is -2.26. The van der Waals surface area contributed by atoms with Crippen LogP contribution in [0.15, 0.2) is 41.8 Å². The Hall–Kier alpha value is -2.06. The molecule has 8 heteroatoms. The fourth-order valence-corrected chi connectivity index (χ4v) is 2.56. The number of ether oxygens (including phenoxy) is 2. The van der Waals surface area contributed by atoms with Gasteiger partial charge in [-0.1, -0.05) is 12.1 Å². The van der Waals surface area contributed by atoms with Crippen LogP contribution in [0.2, 0.25) is 0 Å². The number of hydrogen-bond acceptors (Lipinski definition) is 4. The summed E-state index contributed by atoms with van der Waals surface area (Å²) in [5.74, 6) is 0.270. The number of thiophene rings is 1. The molecule has 1 amide bonds. The summed E-state index contributed by atoms with van der Waals surface area (Å²) in [5, 5.41) is 4.60. The zero-order chi connectivity index (χ0) is 18.1. The highest BCUT2D eigenvalue weighted by molar-refractivity contribution is 7.09. The molecule has 0 saturated carbocycles. The lowest BCUT2D eigenvalue weighted by molar-refractivity contribution is -0.173. The van der Waals surface area contributed by atoms with Gasteiger partial charge in [-0.05, 0) is 36.1 Å². The SMILES string of the molecule is O=C(NCCCOCC(F)(F)F)c1cccc(OCc2cccs2)c1. The van der Waals surface area contributed by atoms with Crippen LogP contribution in [0.5, 0.6) is 5.75 Å². The van der Waals surface area contributed by atoms with Gasteiger partial charge in [0.15, 0.2) is 0 Å². The van der Waals surface area contributed by atoms with Crippen LogP contribution < -0.4 is 10.1 Å². The maximum atomic E-state index is 12.0. The fraction of sp³-hybridized carbons (Fsp3) is 0.353. The number of amides is 1. The normalized spacial score (nSPS) is 11.3. The molecule has 0 fully saturated rings. The first-order valence-corrected chi connectivity index (χ1v) is 8.50. The lowest BCUT2D eigenvalue weighted by Gasteiger charge is -2.09. The Morgan fingerprint density at radius 3 is 2.76 bits per heavy atom. The van der Waals surface area contributed by atoms with Crippen LogP contribution in [0.3, 0.4) is 0 Å². The predicted octanol–water partition coefficient (Wildman–Crippen LogP) is 4.03. The molecule has 2 aromatic rings. The Morgan fingerprint density at radius 1 is 1.20 bits per heavy atom. The van der Waals surface area contributed by atoms with E-state index in [0.717, 1.165) is 4.88 Å². The molecule has 0 bridgehead atoms. The van der Waals surface area contributed by atoms with Gasteiger partial charge in [-0.3, -0.25) is 4.79 Å². The monoisotopic (exact) mass is 373 g/mol. The number of carbonyl (C=O) groups excluding carboxylic acids is 1. The van der Waals surface area contributed by atoms with Crippen LogP contribution in [0.4, 0.5) is 13.2 Å². The molecular formula is C17H18F3NO3S. The molecule has 25 heavy (non-hydrogen) atoms. The van der Waals surface area contributed by atoms with Crippen molar-refractivity contribution in [2.45, 2.75) is 19.2 Å². The summed E-state index contributed by atoms with van der Waals surface area (Å²) in [7, 11) is 0. The van der Waals surface area contributed by atoms with Crippen LogP contribution in [-0.2, 0) is 11.3 Å². The van der Waals surface area contributed by atoms with Crippen LogP contribution in [0.1, 0.15) is 21.7 Å². The molecule has 1 N–H and O–H groups in total. The average molecular weight is 373 g/mol. The van der Waals surface area contributed by atoms with E-state index in [0.29, 0.717) is 24.3 Å². The smallest absolute Gasteiger partial charge is 0.411 e. The van der Waals surface area contributed by atoms with E-state index >= 15 is 0 Å². The predicted molar refractivity (Wildman–Crippen MR) is 88.9 cm³/mol. The molecule has 0 unspecified atom stereocenters. The molecule has 2 rings (SSSR count). The number of rotatable bonds is 9. The maximum Gasteiger partial charge on any atom is 0.411 e. The van der Waals surface area contributed by atoms with Crippen LogP contribution >= 0.6 is 11.3 Å². The quantitative estimate of drug-likeness (QED) is 0.675. The van der Waals surface area contributed by atoms with Crippen molar-refractivity contribution in [2.24, 2.45) is 0 Å². The number of halogens is 3. The second kappa shape index (κ2) is 9.43. The summed E-state index contributed by atoms with van der Waals surface area (Å²) in [6, 6.07) is 10.6. The number of benzene rings is 1. The first-order chi connectivity index (χ1) is 11.9. The number of carbonyl (C=O) groups is 1. The van der Waals surface area contributed by atoms with Gasteiger partial charge in [0, 0.05) is 23.6 Å². The standard InChI is InChI=1S/C17H18F3NO3S/c18-17(19,20)12-23-8-3-7-21-16(22)13-4-1-5-14(10-13)24-11-15-6-2-9-25-15/h1-2,4-6,9-10H,3,7-8,11-12H2,(H,21,22). The summed E-state index contributed by atoms with van der Waals surface area (Å²) < 4.78 is 45.8. The minimum atomic E-state index is -4.33. The Kier molecular flexibility index (Phi) is 7.27. The van der Waals surface area contributed by atoms with Gasteiger partial charge in [0.25, 0.3) is 5.91 Å². The van der Waals surface area contributed by atoms with Crippen LogP contribution in [0, 0.1) is 0 Å². The molecule has 1 aromatic heterocycles. The number of nitrogens with one attached hydrogen (secondary N) is 1. The molecule has 0 aliphatic carbocycles. The van der Waals surface area contributed by atoms with Gasteiger partial charge < -0.3 is 14.8 Å². The maximum absolute atomic E-state index is 12.0. The average Bonchev–Trinajstić information content (AvgIpc) is 3.09. The second-order valence-corrected chi connectivity index (χ2v) is 6.21. The molecule has 0 saturated heterocycles. The minimum absolute atomic E-state index is 0.0657. The summed E-state index contributed by atoms with van der Waals surface area (Å²) >= 11 is 1.59. The highest BCUT2D eigenvalue weighted by Crippen LogP contribution is 2.17. The molecule has 1 heterocycles. The van der Waals surface area contributed by atoms with Gasteiger partial charge in [0.05, 0.1) is 0 Å². The molecular weight excluding hydrogens is 355 g/mol. The Labute approximate surface area is 147 Å². The molecule has 1 aromatic carbocycles. The van der Waals surface area contributed by atoms with Crippen LogP contribution in [0.25, 0.3) is 0 Å². The highest BCUT2D eigenvalue weighted by atomic mass is 32.1. The fourth-order valence-electron chi connectivity index (χ4n) is 1.94. The zero-order valence-electron chi connectivity index (χ0n) is 13.3. The van der Waals surface area contributed by atoms with Gasteiger partial charge in [0.2, 0.25) is 0 Å². The van der Waals surface area contributed by atoms with E-state index in [1.807, 2.05) is 17.5 Å². The van der Waals surface area contributed by atoms with Crippen molar-refractivity contribution in [3.63, 3.8) is 0 Å². The van der Waals surface area contributed by atoms with Gasteiger partial charge >= 0.3 is 6.18 Å². The third-order valence-corrected chi connectivity index (χ3v) is 3.92. The minimum Gasteiger partial charge on any atom is -0.488 e. The van der Waals surface area contributed by atoms with Crippen molar-refractivity contribution < 1.29 is 27.4 Å². The molecule has 4 nitrogen and oxygen atoms in total. The summed E-state index contributed by atoms with van der Waals surface area (Å²) in [6.07, 6.45) is -4.02. The van der Waals surface area contributed by atoms with Crippen molar-refractivity contribution in [1.82, 2.24) is 5.32 Å². The lowest BCUT2D eigenvalue weighted by atomic mass is 10.2. The van der Waals surface area contributed by atoms with Crippen molar-refractivity contribution in [3.05, 3.63) is 52.2 Å². The van der Waals surface area contributed by atoms with E-state index in [1.165, 1.54) is 0 Å². The van der Waals surface area contributed by atoms with E-state index in [-0.39, 0.29) is 19.1 Å². The highest BCUT2D eigenvalue weighted by Gasteiger charge is 2.27. The summed E-state index contributed by atoms with van der Waals surface area (Å²) in [4.78, 5) is 13.1. The van der Waals surface area contributed by atoms with E-state index in [9.17, 15) is 18.0 Å². The first kappa shape index (κ1) is 19.3. The summed E-state index contributed by atoms with van der Waals surface area (Å²) in [6.45, 7) is -0.676. The van der Waals surface area contributed by atoms with Gasteiger partial charge in [-0.15, -0.1) is 11.3 Å². The molecule has 0 aliphatic heterocycles. The van der Waals surface area contributed by atoms with Crippen molar-refractivity contribution in [2.75, 3.05) is 19.8 Å². The Balaban J connectivity index is 1.71. The summed E-state index contributed by atoms with van der Waals surface area (Å²) in [5.41, 5.74) is 0.430. The Bertz CT molecular complexity index is 659. The largest absolute Gasteiger partial charge is 0.488 e. The topological polar surface area (TPSA) is 47.6 Å². The molecule has 0 spiro atoms. The third-order valence-electron chi connectivity index (χ3n) is 3.07. The molecule has 136 valence electrons. The van der Waals surface area contributed by atoms with Crippen molar-refractivity contribution >= 4 is 17.2 Å². The van der Waals surface area contributed by atoms with Crippen molar-refractivity contribution in [3.8, 4) is 5.75 Å². The van der Waals surface area contributed by atoms with E-state index in [2.05, 4.69) is 10.1 Å².